The van der Waals surface area contributed by atoms with Crippen LogP contribution in [-0.4, -0.2) is 74.7 Å². The Morgan fingerprint density at radius 2 is 1.12 bits per heavy atom. The van der Waals surface area contributed by atoms with E-state index >= 15 is 0 Å². The highest BCUT2D eigenvalue weighted by Gasteiger charge is 2.23. The fourth-order valence-corrected chi connectivity index (χ4v) is 6.07. The summed E-state index contributed by atoms with van der Waals surface area (Å²) in [6.45, 7) is 3.20. The van der Waals surface area contributed by atoms with Crippen LogP contribution in [0.15, 0.2) is 72.9 Å². The van der Waals surface area contributed by atoms with Gasteiger partial charge in [0.2, 0.25) is 0 Å². The molecule has 0 saturated heterocycles. The highest BCUT2D eigenvalue weighted by molar-refractivity contribution is 7.46. The second-order valence-electron chi connectivity index (χ2n) is 14.5. The van der Waals surface area contributed by atoms with Crippen molar-refractivity contribution in [2.45, 2.75) is 186 Å². The van der Waals surface area contributed by atoms with E-state index in [1.165, 1.54) is 89.5 Å². The molecule has 0 spiro atoms. The molecule has 57 heavy (non-hydrogen) atoms. The number of hydrogen-bond acceptors (Lipinski definition) is 9. The lowest BCUT2D eigenvalue weighted by Crippen LogP contribution is -2.29. The van der Waals surface area contributed by atoms with Gasteiger partial charge in [-0.3, -0.25) is 14.1 Å². The van der Waals surface area contributed by atoms with E-state index in [-0.39, 0.29) is 25.7 Å². The molecule has 0 aliphatic heterocycles. The molecule has 0 unspecified atom stereocenters. The number of ether oxygens (including phenoxy) is 2. The van der Waals surface area contributed by atoms with Gasteiger partial charge in [0.05, 0.1) is 24.9 Å². The van der Waals surface area contributed by atoms with Gasteiger partial charge in [-0.05, 0) is 57.8 Å². The van der Waals surface area contributed by atoms with Crippen molar-refractivity contribution in [1.82, 2.24) is 0 Å². The van der Waals surface area contributed by atoms with E-state index in [0.29, 0.717) is 12.8 Å². The van der Waals surface area contributed by atoms with Crippen LogP contribution < -0.4 is 0 Å². The summed E-state index contributed by atoms with van der Waals surface area (Å²) in [7, 11) is -4.84. The number of esters is 2. The molecule has 0 bridgehead atoms. The van der Waals surface area contributed by atoms with Gasteiger partial charge in [0.25, 0.3) is 0 Å². The van der Waals surface area contributed by atoms with Crippen molar-refractivity contribution in [3.8, 4) is 0 Å². The molecule has 5 N–H and O–H groups in total. The Balaban J connectivity index is 4.22. The third kappa shape index (κ3) is 40.0. The maximum Gasteiger partial charge on any atom is 0.469 e. The molecule has 0 fully saturated rings. The Morgan fingerprint density at radius 1 is 0.596 bits per heavy atom. The first-order valence-corrected chi connectivity index (χ1v) is 23.1. The number of hydrogen-bond donors (Lipinski definition) is 5. The van der Waals surface area contributed by atoms with Crippen LogP contribution in [0, 0.1) is 0 Å². The maximum absolute atomic E-state index is 12.4. The predicted octanol–water partition coefficient (Wildman–Crippen LogP) is 9.98. The van der Waals surface area contributed by atoms with Gasteiger partial charge in [0.15, 0.2) is 6.10 Å². The number of allylic oxidation sites excluding steroid dienone is 9. The van der Waals surface area contributed by atoms with Gasteiger partial charge in [-0.15, -0.1) is 0 Å². The molecule has 12 heteroatoms. The normalized spacial score (nSPS) is 14.9. The summed E-state index contributed by atoms with van der Waals surface area (Å²) in [4.78, 5) is 42.9. The highest BCUT2D eigenvalue weighted by atomic mass is 31.2. The van der Waals surface area contributed by atoms with Crippen molar-refractivity contribution in [3.63, 3.8) is 0 Å². The summed E-state index contributed by atoms with van der Waals surface area (Å²) in [5.74, 6) is -1.22. The summed E-state index contributed by atoms with van der Waals surface area (Å²) in [5.41, 5.74) is 0. The lowest BCUT2D eigenvalue weighted by atomic mass is 10.1. The fraction of sp³-hybridized carbons (Fsp3) is 0.689. The van der Waals surface area contributed by atoms with Crippen molar-refractivity contribution in [1.29, 1.82) is 0 Å². The molecule has 0 heterocycles. The Morgan fingerprint density at radius 3 is 1.70 bits per heavy atom. The van der Waals surface area contributed by atoms with E-state index in [9.17, 15) is 29.5 Å². The van der Waals surface area contributed by atoms with Crippen molar-refractivity contribution < 1.29 is 53.3 Å². The quantitative estimate of drug-likeness (QED) is 0.0131. The first-order valence-electron chi connectivity index (χ1n) is 21.6. The van der Waals surface area contributed by atoms with E-state index in [2.05, 4.69) is 23.6 Å². The molecule has 0 radical (unpaired) electrons. The van der Waals surface area contributed by atoms with Crippen LogP contribution in [-0.2, 0) is 28.2 Å². The Hall–Kier alpha value is -2.63. The smallest absolute Gasteiger partial charge is 0.462 e. The molecule has 0 saturated carbocycles. The number of rotatable bonds is 38. The van der Waals surface area contributed by atoms with E-state index in [1.807, 2.05) is 19.1 Å². The first-order chi connectivity index (χ1) is 27.5. The number of phosphoric acid groups is 1. The highest BCUT2D eigenvalue weighted by Crippen LogP contribution is 2.36. The molecule has 0 aromatic heterocycles. The molecular weight excluding hydrogens is 747 g/mol. The third-order valence-corrected chi connectivity index (χ3v) is 9.54. The average Bonchev–Trinajstić information content (AvgIpc) is 3.17. The standard InChI is InChI=1S/C45H77O11P/c1-3-5-7-8-9-10-11-12-13-14-15-16-17-18-19-20-21-26-30-36-45(50)56-41(39-55-57(51,52)53)38-54-44(49)37-31-35-43(48)42(47)34-29-25-23-22-24-28-33-40(46)32-27-6-4-2/h6,12-13,22-25,27-29,33-34,40-43,46-48H,3-5,7-11,14-21,26,30-32,35-39H2,1-2H3,(H2,51,52,53)/b13-12-,24-22+,25-23-,27-6-,33-28+,34-29-/t40-,41-,42+,43+/m1/s1. The summed E-state index contributed by atoms with van der Waals surface area (Å²) >= 11 is 0. The van der Waals surface area contributed by atoms with E-state index < -0.39 is 57.4 Å². The van der Waals surface area contributed by atoms with Crippen molar-refractivity contribution in [2.24, 2.45) is 0 Å². The predicted molar refractivity (Wildman–Crippen MR) is 229 cm³/mol. The molecule has 328 valence electrons. The van der Waals surface area contributed by atoms with Gasteiger partial charge < -0.3 is 34.6 Å². The first kappa shape index (κ1) is 54.4. The fourth-order valence-electron chi connectivity index (χ4n) is 5.71. The molecule has 0 amide bonds. The van der Waals surface area contributed by atoms with Crippen molar-refractivity contribution in [2.75, 3.05) is 13.2 Å². The molecular formula is C45H77O11P. The van der Waals surface area contributed by atoms with Crippen LogP contribution in [0.25, 0.3) is 0 Å². The minimum atomic E-state index is -4.84. The second-order valence-corrected chi connectivity index (χ2v) is 15.7. The van der Waals surface area contributed by atoms with Gasteiger partial charge in [-0.25, -0.2) is 4.57 Å². The van der Waals surface area contributed by atoms with Gasteiger partial charge in [-0.2, -0.15) is 0 Å². The topological polar surface area (TPSA) is 180 Å². The lowest BCUT2D eigenvalue weighted by Gasteiger charge is -2.18. The van der Waals surface area contributed by atoms with Crippen LogP contribution in [0.1, 0.15) is 162 Å². The van der Waals surface area contributed by atoms with Gasteiger partial charge in [-0.1, -0.05) is 164 Å². The molecule has 4 atom stereocenters. The van der Waals surface area contributed by atoms with E-state index in [0.717, 1.165) is 25.7 Å². The van der Waals surface area contributed by atoms with E-state index in [4.69, 9.17) is 19.3 Å². The molecule has 0 aliphatic rings. The Kier molecular flexibility index (Phi) is 37.1. The number of phosphoric ester groups is 1. The third-order valence-electron chi connectivity index (χ3n) is 9.05. The molecule has 0 aromatic carbocycles. The zero-order valence-electron chi connectivity index (χ0n) is 35.0. The van der Waals surface area contributed by atoms with Crippen LogP contribution in [0.4, 0.5) is 0 Å². The number of carbonyl (C=O) groups is 2. The molecule has 0 rings (SSSR count). The zero-order valence-corrected chi connectivity index (χ0v) is 35.9. The van der Waals surface area contributed by atoms with Gasteiger partial charge in [0, 0.05) is 12.8 Å². The van der Waals surface area contributed by atoms with Crippen LogP contribution in [0.5, 0.6) is 0 Å². The summed E-state index contributed by atoms with van der Waals surface area (Å²) in [5, 5.41) is 30.2. The Bertz CT molecular complexity index is 1200. The van der Waals surface area contributed by atoms with Crippen LogP contribution >= 0.6 is 7.82 Å². The molecule has 0 aliphatic carbocycles. The minimum Gasteiger partial charge on any atom is -0.462 e. The molecule has 11 nitrogen and oxygen atoms in total. The van der Waals surface area contributed by atoms with Crippen LogP contribution in [0.3, 0.4) is 0 Å². The van der Waals surface area contributed by atoms with E-state index in [1.54, 1.807) is 42.5 Å². The number of unbranched alkanes of at least 4 members (excludes halogenated alkanes) is 15. The summed E-state index contributed by atoms with van der Waals surface area (Å²) < 4.78 is 26.2. The van der Waals surface area contributed by atoms with Gasteiger partial charge in [0.1, 0.15) is 6.61 Å². The summed E-state index contributed by atoms with van der Waals surface area (Å²) in [6.07, 6.45) is 40.0. The summed E-state index contributed by atoms with van der Waals surface area (Å²) in [6, 6.07) is 0. The monoisotopic (exact) mass is 825 g/mol. The number of aliphatic hydroxyl groups is 3. The molecule has 0 aromatic rings. The Labute approximate surface area is 344 Å². The largest absolute Gasteiger partial charge is 0.469 e. The van der Waals surface area contributed by atoms with Crippen molar-refractivity contribution >= 4 is 19.8 Å². The van der Waals surface area contributed by atoms with Crippen molar-refractivity contribution in [3.05, 3.63) is 72.9 Å². The maximum atomic E-state index is 12.4. The SMILES string of the molecule is CC/C=C\C[C@@H](O)/C=C/C=C/C=C\C=C/[C@H](O)[C@@H](O)CCCC(=O)OC[C@H](COP(=O)(O)O)OC(=O)CCCCCCCCCCC/C=C\CCCCCCCC. The number of carbonyl (C=O) groups excluding carboxylic acids is 2. The van der Waals surface area contributed by atoms with Gasteiger partial charge >= 0.3 is 19.8 Å². The number of aliphatic hydroxyl groups excluding tert-OH is 3. The lowest BCUT2D eigenvalue weighted by molar-refractivity contribution is -0.161. The average molecular weight is 825 g/mol. The zero-order chi connectivity index (χ0) is 42.2. The van der Waals surface area contributed by atoms with Crippen LogP contribution in [0.2, 0.25) is 0 Å². The minimum absolute atomic E-state index is 0.0913. The second kappa shape index (κ2) is 38.9.